The highest BCUT2D eigenvalue weighted by Gasteiger charge is 2.30. The molecule has 1 aromatic rings. The quantitative estimate of drug-likeness (QED) is 0.584. The number of thioether (sulfide) groups is 1. The standard InChI is InChI=1S/C10H11F3OS/c1-15-7-14-6-8-3-2-4-9(5-8)10(11,12)13/h2-5H,6-7H2,1H3. The molecule has 1 rings (SSSR count). The van der Waals surface area contributed by atoms with Crippen molar-refractivity contribution in [1.82, 2.24) is 0 Å². The summed E-state index contributed by atoms with van der Waals surface area (Å²) in [6, 6.07) is 5.18. The normalized spacial score (nSPS) is 11.7. The van der Waals surface area contributed by atoms with Gasteiger partial charge in [0.2, 0.25) is 0 Å². The van der Waals surface area contributed by atoms with Crippen LogP contribution in [0.15, 0.2) is 24.3 Å². The zero-order chi connectivity index (χ0) is 11.3. The summed E-state index contributed by atoms with van der Waals surface area (Å²) in [5.41, 5.74) is -0.0911. The Labute approximate surface area is 90.6 Å². The predicted octanol–water partition coefficient (Wildman–Crippen LogP) is 3.54. The van der Waals surface area contributed by atoms with Gasteiger partial charge in [0.1, 0.15) is 0 Å². The molecule has 0 aliphatic heterocycles. The molecule has 0 saturated heterocycles. The molecule has 0 aliphatic carbocycles. The summed E-state index contributed by atoms with van der Waals surface area (Å²) in [6.07, 6.45) is -2.42. The van der Waals surface area contributed by atoms with Gasteiger partial charge in [-0.15, -0.1) is 11.8 Å². The number of hydrogen-bond acceptors (Lipinski definition) is 2. The van der Waals surface area contributed by atoms with Gasteiger partial charge in [-0.1, -0.05) is 12.1 Å². The molecule has 1 nitrogen and oxygen atoms in total. The van der Waals surface area contributed by atoms with Crippen LogP contribution in [0, 0.1) is 0 Å². The van der Waals surface area contributed by atoms with Crippen LogP contribution in [0.4, 0.5) is 13.2 Å². The Balaban J connectivity index is 2.66. The molecule has 0 radical (unpaired) electrons. The molecule has 0 aliphatic rings. The predicted molar refractivity (Wildman–Crippen MR) is 54.6 cm³/mol. The maximum absolute atomic E-state index is 12.3. The summed E-state index contributed by atoms with van der Waals surface area (Å²) >= 11 is 1.49. The first-order chi connectivity index (χ1) is 7.04. The van der Waals surface area contributed by atoms with Crippen molar-refractivity contribution in [2.45, 2.75) is 12.8 Å². The van der Waals surface area contributed by atoms with E-state index in [0.717, 1.165) is 12.1 Å². The summed E-state index contributed by atoms with van der Waals surface area (Å²) in [7, 11) is 0. The number of rotatable bonds is 4. The minimum Gasteiger partial charge on any atom is -0.366 e. The van der Waals surface area contributed by atoms with E-state index in [1.165, 1.54) is 17.8 Å². The van der Waals surface area contributed by atoms with E-state index in [9.17, 15) is 13.2 Å². The molecule has 0 heterocycles. The third-order valence-corrected chi connectivity index (χ3v) is 2.13. The van der Waals surface area contributed by atoms with Crippen molar-refractivity contribution >= 4 is 11.8 Å². The van der Waals surface area contributed by atoms with Gasteiger partial charge >= 0.3 is 6.18 Å². The first-order valence-electron chi connectivity index (χ1n) is 4.27. The van der Waals surface area contributed by atoms with E-state index in [0.29, 0.717) is 11.5 Å². The lowest BCUT2D eigenvalue weighted by molar-refractivity contribution is -0.137. The van der Waals surface area contributed by atoms with Crippen LogP contribution in [0.25, 0.3) is 0 Å². The monoisotopic (exact) mass is 236 g/mol. The number of alkyl halides is 3. The molecule has 1 aromatic carbocycles. The summed E-state index contributed by atoms with van der Waals surface area (Å²) in [4.78, 5) is 0. The Kier molecular flexibility index (Phi) is 4.47. The second-order valence-corrected chi connectivity index (χ2v) is 3.77. The summed E-state index contributed by atoms with van der Waals surface area (Å²) in [5, 5.41) is 0. The molecule has 0 fully saturated rings. The van der Waals surface area contributed by atoms with Gasteiger partial charge in [0, 0.05) is 0 Å². The van der Waals surface area contributed by atoms with E-state index in [-0.39, 0.29) is 6.61 Å². The third-order valence-electron chi connectivity index (χ3n) is 1.72. The first kappa shape index (κ1) is 12.4. The van der Waals surface area contributed by atoms with Crippen molar-refractivity contribution in [2.24, 2.45) is 0 Å². The van der Waals surface area contributed by atoms with Crippen LogP contribution >= 0.6 is 11.8 Å². The van der Waals surface area contributed by atoms with E-state index < -0.39 is 11.7 Å². The maximum Gasteiger partial charge on any atom is 0.416 e. The number of halogens is 3. The van der Waals surface area contributed by atoms with Crippen LogP contribution < -0.4 is 0 Å². The molecule has 0 atom stereocenters. The van der Waals surface area contributed by atoms with Gasteiger partial charge in [0.25, 0.3) is 0 Å². The second-order valence-electron chi connectivity index (χ2n) is 2.95. The molecule has 5 heteroatoms. The van der Waals surface area contributed by atoms with E-state index in [1.54, 1.807) is 6.07 Å². The Morgan fingerprint density at radius 1 is 1.33 bits per heavy atom. The number of hydrogen-bond donors (Lipinski definition) is 0. The highest BCUT2D eigenvalue weighted by molar-refractivity contribution is 7.98. The zero-order valence-electron chi connectivity index (χ0n) is 8.17. The van der Waals surface area contributed by atoms with Crippen molar-refractivity contribution < 1.29 is 17.9 Å². The Morgan fingerprint density at radius 2 is 2.07 bits per heavy atom. The molecule has 0 spiro atoms. The van der Waals surface area contributed by atoms with Crippen molar-refractivity contribution in [3.8, 4) is 0 Å². The minimum absolute atomic E-state index is 0.213. The molecule has 0 bridgehead atoms. The minimum atomic E-state index is -4.28. The second kappa shape index (κ2) is 5.42. The largest absolute Gasteiger partial charge is 0.416 e. The summed E-state index contributed by atoms with van der Waals surface area (Å²) in [5.74, 6) is 0.482. The van der Waals surface area contributed by atoms with E-state index in [2.05, 4.69) is 0 Å². The topological polar surface area (TPSA) is 9.23 Å². The molecule has 0 N–H and O–H groups in total. The maximum atomic E-state index is 12.3. The molecule has 84 valence electrons. The average molecular weight is 236 g/mol. The van der Waals surface area contributed by atoms with Gasteiger partial charge in [-0.2, -0.15) is 13.2 Å². The molecular formula is C10H11F3OS. The zero-order valence-corrected chi connectivity index (χ0v) is 8.99. The highest BCUT2D eigenvalue weighted by atomic mass is 32.2. The Bertz CT molecular complexity index is 312. The van der Waals surface area contributed by atoms with Crippen LogP contribution in [0.5, 0.6) is 0 Å². The van der Waals surface area contributed by atoms with Gasteiger partial charge in [0.05, 0.1) is 18.1 Å². The van der Waals surface area contributed by atoms with Gasteiger partial charge < -0.3 is 4.74 Å². The lowest BCUT2D eigenvalue weighted by Gasteiger charge is -2.08. The fraction of sp³-hybridized carbons (Fsp3) is 0.400. The van der Waals surface area contributed by atoms with E-state index >= 15 is 0 Å². The Morgan fingerprint density at radius 3 is 2.67 bits per heavy atom. The first-order valence-corrected chi connectivity index (χ1v) is 5.66. The van der Waals surface area contributed by atoms with Crippen molar-refractivity contribution in [3.05, 3.63) is 35.4 Å². The molecule has 0 unspecified atom stereocenters. The molecule has 0 saturated carbocycles. The van der Waals surface area contributed by atoms with Gasteiger partial charge in [-0.05, 0) is 24.0 Å². The van der Waals surface area contributed by atoms with Crippen LogP contribution in [0.3, 0.4) is 0 Å². The lowest BCUT2D eigenvalue weighted by atomic mass is 10.1. The van der Waals surface area contributed by atoms with Crippen LogP contribution in [0.2, 0.25) is 0 Å². The van der Waals surface area contributed by atoms with Gasteiger partial charge in [-0.25, -0.2) is 0 Å². The van der Waals surface area contributed by atoms with Crippen LogP contribution in [0.1, 0.15) is 11.1 Å². The van der Waals surface area contributed by atoms with E-state index in [1.807, 2.05) is 6.26 Å². The Hall–Kier alpha value is -0.680. The van der Waals surface area contributed by atoms with Crippen molar-refractivity contribution in [2.75, 3.05) is 12.2 Å². The molecule has 0 amide bonds. The fourth-order valence-corrected chi connectivity index (χ4v) is 1.33. The summed E-state index contributed by atoms with van der Waals surface area (Å²) in [6.45, 7) is 0.213. The van der Waals surface area contributed by atoms with Crippen LogP contribution in [-0.2, 0) is 17.5 Å². The van der Waals surface area contributed by atoms with Gasteiger partial charge in [0.15, 0.2) is 0 Å². The van der Waals surface area contributed by atoms with Crippen LogP contribution in [-0.4, -0.2) is 12.2 Å². The molecule has 15 heavy (non-hydrogen) atoms. The van der Waals surface area contributed by atoms with Crippen molar-refractivity contribution in [3.63, 3.8) is 0 Å². The molecule has 0 aromatic heterocycles. The highest BCUT2D eigenvalue weighted by Crippen LogP contribution is 2.29. The lowest BCUT2D eigenvalue weighted by Crippen LogP contribution is -2.05. The number of benzene rings is 1. The molecular weight excluding hydrogens is 225 g/mol. The van der Waals surface area contributed by atoms with Crippen molar-refractivity contribution in [1.29, 1.82) is 0 Å². The van der Waals surface area contributed by atoms with Gasteiger partial charge in [-0.3, -0.25) is 0 Å². The summed E-state index contributed by atoms with van der Waals surface area (Å²) < 4.78 is 42.1. The average Bonchev–Trinajstić information content (AvgIpc) is 2.17. The third kappa shape index (κ3) is 4.13. The van der Waals surface area contributed by atoms with E-state index in [4.69, 9.17) is 4.74 Å². The smallest absolute Gasteiger partial charge is 0.366 e. The number of ether oxygens (including phenoxy) is 1. The fourth-order valence-electron chi connectivity index (χ4n) is 1.08. The SMILES string of the molecule is CSCOCc1cccc(C(F)(F)F)c1.